The van der Waals surface area contributed by atoms with Crippen molar-refractivity contribution in [3.8, 4) is 0 Å². The molecule has 0 aliphatic carbocycles. The molecule has 0 aromatic heterocycles. The van der Waals surface area contributed by atoms with Gasteiger partial charge in [0.2, 0.25) is 0 Å². The first-order chi connectivity index (χ1) is 8.29. The lowest BCUT2D eigenvalue weighted by Gasteiger charge is -1.93. The van der Waals surface area contributed by atoms with E-state index in [1.54, 1.807) is 0 Å². The third-order valence-electron chi connectivity index (χ3n) is 2.10. The molecular formula is C12H12N2O2S. The van der Waals surface area contributed by atoms with Crippen molar-refractivity contribution in [2.45, 2.75) is 0 Å². The highest BCUT2D eigenvalue weighted by Crippen LogP contribution is 2.25. The van der Waals surface area contributed by atoms with Gasteiger partial charge in [0.15, 0.2) is 5.17 Å². The third-order valence-corrected chi connectivity index (χ3v) is 3.05. The van der Waals surface area contributed by atoms with Gasteiger partial charge in [-0.1, -0.05) is 30.3 Å². The molecule has 0 bridgehead atoms. The SMILES string of the molecule is O=C1NC(=NCCO)S/C1=C\c1ccccc1. The van der Waals surface area contributed by atoms with Gasteiger partial charge in [-0.15, -0.1) is 0 Å². The molecule has 1 saturated heterocycles. The third kappa shape index (κ3) is 3.18. The number of amides is 1. The number of hydrogen-bond acceptors (Lipinski definition) is 4. The number of benzene rings is 1. The van der Waals surface area contributed by atoms with Crippen LogP contribution in [0.15, 0.2) is 40.2 Å². The Morgan fingerprint density at radius 3 is 2.82 bits per heavy atom. The zero-order chi connectivity index (χ0) is 12.1. The highest BCUT2D eigenvalue weighted by atomic mass is 32.2. The van der Waals surface area contributed by atoms with E-state index >= 15 is 0 Å². The molecule has 1 heterocycles. The van der Waals surface area contributed by atoms with Gasteiger partial charge in [0, 0.05) is 0 Å². The van der Waals surface area contributed by atoms with Crippen molar-refractivity contribution in [1.29, 1.82) is 0 Å². The average molecular weight is 248 g/mol. The van der Waals surface area contributed by atoms with Crippen LogP contribution < -0.4 is 5.32 Å². The van der Waals surface area contributed by atoms with Crippen LogP contribution in [0.3, 0.4) is 0 Å². The molecule has 88 valence electrons. The van der Waals surface area contributed by atoms with Crippen molar-refractivity contribution in [2.24, 2.45) is 4.99 Å². The minimum absolute atomic E-state index is 0.0162. The Morgan fingerprint density at radius 1 is 1.35 bits per heavy atom. The van der Waals surface area contributed by atoms with Crippen LogP contribution in [0.1, 0.15) is 5.56 Å². The number of nitrogens with zero attached hydrogens (tertiary/aromatic N) is 1. The summed E-state index contributed by atoms with van der Waals surface area (Å²) in [5.74, 6) is -0.143. The topological polar surface area (TPSA) is 61.7 Å². The molecular weight excluding hydrogens is 236 g/mol. The number of carbonyl (C=O) groups is 1. The summed E-state index contributed by atoms with van der Waals surface area (Å²) in [7, 11) is 0. The van der Waals surface area contributed by atoms with Crippen LogP contribution >= 0.6 is 11.8 Å². The first-order valence-electron chi connectivity index (χ1n) is 5.21. The quantitative estimate of drug-likeness (QED) is 0.791. The maximum Gasteiger partial charge on any atom is 0.264 e. The van der Waals surface area contributed by atoms with Crippen LogP contribution in [0.2, 0.25) is 0 Å². The normalized spacial score (nSPS) is 19.9. The Bertz CT molecular complexity index is 469. The number of carbonyl (C=O) groups excluding carboxylic acids is 1. The zero-order valence-corrected chi connectivity index (χ0v) is 9.91. The van der Waals surface area contributed by atoms with Gasteiger partial charge in [-0.3, -0.25) is 9.79 Å². The predicted molar refractivity (Wildman–Crippen MR) is 69.5 cm³/mol. The number of aliphatic imine (C=N–C) groups is 1. The van der Waals surface area contributed by atoms with E-state index in [4.69, 9.17) is 5.11 Å². The van der Waals surface area contributed by atoms with E-state index in [0.717, 1.165) is 5.56 Å². The minimum atomic E-state index is -0.143. The summed E-state index contributed by atoms with van der Waals surface area (Å²) < 4.78 is 0. The van der Waals surface area contributed by atoms with E-state index in [2.05, 4.69) is 10.3 Å². The number of amidine groups is 1. The van der Waals surface area contributed by atoms with Crippen molar-refractivity contribution in [3.05, 3.63) is 40.8 Å². The summed E-state index contributed by atoms with van der Waals surface area (Å²) in [6.07, 6.45) is 1.82. The first kappa shape index (κ1) is 11.9. The summed E-state index contributed by atoms with van der Waals surface area (Å²) in [6, 6.07) is 9.64. The van der Waals surface area contributed by atoms with Crippen LogP contribution in [-0.2, 0) is 4.79 Å². The fourth-order valence-corrected chi connectivity index (χ4v) is 2.20. The first-order valence-corrected chi connectivity index (χ1v) is 6.02. The molecule has 1 aromatic carbocycles. The molecule has 1 fully saturated rings. The molecule has 0 unspecified atom stereocenters. The number of thioether (sulfide) groups is 1. The van der Waals surface area contributed by atoms with Crippen LogP contribution in [0.25, 0.3) is 6.08 Å². The van der Waals surface area contributed by atoms with Gasteiger partial charge in [0.1, 0.15) is 0 Å². The fraction of sp³-hybridized carbons (Fsp3) is 0.167. The maximum absolute atomic E-state index is 11.6. The summed E-state index contributed by atoms with van der Waals surface area (Å²) >= 11 is 1.29. The van der Waals surface area contributed by atoms with Gasteiger partial charge in [0.25, 0.3) is 5.91 Å². The van der Waals surface area contributed by atoms with E-state index < -0.39 is 0 Å². The molecule has 1 aromatic rings. The highest BCUT2D eigenvalue weighted by molar-refractivity contribution is 8.18. The summed E-state index contributed by atoms with van der Waals surface area (Å²) in [5.41, 5.74) is 0.980. The van der Waals surface area contributed by atoms with Crippen LogP contribution in [0.4, 0.5) is 0 Å². The van der Waals surface area contributed by atoms with Crippen LogP contribution in [0.5, 0.6) is 0 Å². The second kappa shape index (κ2) is 5.65. The number of rotatable bonds is 3. The largest absolute Gasteiger partial charge is 0.394 e. The van der Waals surface area contributed by atoms with Crippen molar-refractivity contribution in [2.75, 3.05) is 13.2 Å². The van der Waals surface area contributed by atoms with E-state index in [-0.39, 0.29) is 12.5 Å². The lowest BCUT2D eigenvalue weighted by molar-refractivity contribution is -0.115. The number of aliphatic hydroxyl groups excluding tert-OH is 1. The molecule has 0 saturated carbocycles. The molecule has 0 radical (unpaired) electrons. The number of aliphatic hydroxyl groups is 1. The van der Waals surface area contributed by atoms with Crippen LogP contribution in [0, 0.1) is 0 Å². The maximum atomic E-state index is 11.6. The van der Waals surface area contributed by atoms with Crippen LogP contribution in [-0.4, -0.2) is 29.3 Å². The number of hydrogen-bond donors (Lipinski definition) is 2. The Morgan fingerprint density at radius 2 is 2.12 bits per heavy atom. The van der Waals surface area contributed by atoms with E-state index in [1.807, 2.05) is 36.4 Å². The second-order valence-corrected chi connectivity index (χ2v) is 4.42. The smallest absolute Gasteiger partial charge is 0.264 e. The van der Waals surface area contributed by atoms with Crippen molar-refractivity contribution in [3.63, 3.8) is 0 Å². The fourth-order valence-electron chi connectivity index (χ4n) is 1.35. The molecule has 0 atom stereocenters. The van der Waals surface area contributed by atoms with Gasteiger partial charge >= 0.3 is 0 Å². The van der Waals surface area contributed by atoms with Gasteiger partial charge in [0.05, 0.1) is 18.1 Å². The summed E-state index contributed by atoms with van der Waals surface area (Å²) in [4.78, 5) is 16.3. The minimum Gasteiger partial charge on any atom is -0.394 e. The zero-order valence-electron chi connectivity index (χ0n) is 9.09. The van der Waals surface area contributed by atoms with Gasteiger partial charge in [-0.25, -0.2) is 0 Å². The second-order valence-electron chi connectivity index (χ2n) is 3.39. The van der Waals surface area contributed by atoms with E-state index in [9.17, 15) is 4.79 Å². The van der Waals surface area contributed by atoms with Gasteiger partial charge in [-0.2, -0.15) is 0 Å². The Hall–Kier alpha value is -1.59. The Balaban J connectivity index is 2.13. The summed E-state index contributed by atoms with van der Waals surface area (Å²) in [6.45, 7) is 0.291. The molecule has 2 N–H and O–H groups in total. The molecule has 0 spiro atoms. The lowest BCUT2D eigenvalue weighted by atomic mass is 10.2. The van der Waals surface area contributed by atoms with Gasteiger partial charge in [-0.05, 0) is 23.4 Å². The van der Waals surface area contributed by atoms with Crippen molar-refractivity contribution < 1.29 is 9.90 Å². The standard InChI is InChI=1S/C12H12N2O2S/c15-7-6-13-12-14-11(16)10(17-12)8-9-4-2-1-3-5-9/h1-5,8,15H,6-7H2,(H,13,14,16)/b10-8-. The van der Waals surface area contributed by atoms with Crippen molar-refractivity contribution >= 4 is 28.9 Å². The predicted octanol–water partition coefficient (Wildman–Crippen LogP) is 1.24. The highest BCUT2D eigenvalue weighted by Gasteiger charge is 2.23. The van der Waals surface area contributed by atoms with Crippen molar-refractivity contribution in [1.82, 2.24) is 5.32 Å². The Kier molecular flexibility index (Phi) is 3.95. The van der Waals surface area contributed by atoms with Gasteiger partial charge < -0.3 is 10.4 Å². The Labute approximate surface area is 103 Å². The lowest BCUT2D eigenvalue weighted by Crippen LogP contribution is -2.20. The molecule has 4 nitrogen and oxygen atoms in total. The number of nitrogens with one attached hydrogen (secondary N) is 1. The average Bonchev–Trinajstić information content (AvgIpc) is 2.69. The molecule has 1 aliphatic heterocycles. The monoisotopic (exact) mass is 248 g/mol. The molecule has 5 heteroatoms. The molecule has 1 aliphatic rings. The van der Waals surface area contributed by atoms with E-state index in [1.165, 1.54) is 11.8 Å². The summed E-state index contributed by atoms with van der Waals surface area (Å²) in [5, 5.41) is 11.9. The molecule has 17 heavy (non-hydrogen) atoms. The molecule has 1 amide bonds. The molecule has 2 rings (SSSR count). The van der Waals surface area contributed by atoms with E-state index in [0.29, 0.717) is 16.6 Å².